The third-order valence-electron chi connectivity index (χ3n) is 6.88. The van der Waals surface area contributed by atoms with E-state index in [1.165, 1.54) is 35.5 Å². The van der Waals surface area contributed by atoms with Crippen LogP contribution >= 0.6 is 0 Å². The monoisotopic (exact) mass is 146 g/mol. The molecule has 6 aliphatic carbocycles. The first-order chi connectivity index (χ1) is 5.22. The van der Waals surface area contributed by atoms with Crippen LogP contribution < -0.4 is 0 Å². The molecule has 0 unspecified atom stereocenters. The minimum Gasteiger partial charge on any atom is -0.0585 e. The minimum absolute atomic E-state index is 0.885. The fourth-order valence-corrected chi connectivity index (χ4v) is 6.79. The van der Waals surface area contributed by atoms with Crippen molar-refractivity contribution in [2.75, 3.05) is 0 Å². The van der Waals surface area contributed by atoms with Gasteiger partial charge in [-0.3, -0.25) is 0 Å². The van der Waals surface area contributed by atoms with Gasteiger partial charge in [-0.05, 0) is 52.8 Å². The van der Waals surface area contributed by atoms with Crippen LogP contribution in [-0.4, -0.2) is 0 Å². The minimum atomic E-state index is 0.885. The van der Waals surface area contributed by atoms with Gasteiger partial charge in [-0.2, -0.15) is 0 Å². The summed E-state index contributed by atoms with van der Waals surface area (Å²) in [4.78, 5) is 0. The molecule has 0 aromatic rings. The third kappa shape index (κ3) is 0.197. The number of rotatable bonds is 0. The van der Waals surface area contributed by atoms with E-state index in [0.29, 0.717) is 0 Å². The summed E-state index contributed by atoms with van der Waals surface area (Å²) in [6.07, 6.45) is 1.65. The first-order valence-electron chi connectivity index (χ1n) is 5.22. The molecule has 0 radical (unpaired) electrons. The molecule has 0 aromatic heterocycles. The molecule has 0 heteroatoms. The predicted molar refractivity (Wildman–Crippen MR) is 41.8 cm³/mol. The number of hydrogen-bond acceptors (Lipinski definition) is 0. The van der Waals surface area contributed by atoms with Crippen molar-refractivity contribution in [3.05, 3.63) is 0 Å². The van der Waals surface area contributed by atoms with Gasteiger partial charge in [0.1, 0.15) is 0 Å². The van der Waals surface area contributed by atoms with Crippen LogP contribution in [0, 0.1) is 46.3 Å². The lowest BCUT2D eigenvalue weighted by molar-refractivity contribution is 0.330. The van der Waals surface area contributed by atoms with Gasteiger partial charge in [-0.1, -0.05) is 13.8 Å². The zero-order valence-corrected chi connectivity index (χ0v) is 7.17. The summed E-state index contributed by atoms with van der Waals surface area (Å²) < 4.78 is 0. The zero-order valence-electron chi connectivity index (χ0n) is 7.17. The van der Waals surface area contributed by atoms with Gasteiger partial charge in [0, 0.05) is 0 Å². The van der Waals surface area contributed by atoms with E-state index in [1.807, 2.05) is 0 Å². The van der Waals surface area contributed by atoms with Crippen molar-refractivity contribution >= 4 is 0 Å². The Morgan fingerprint density at radius 3 is 1.36 bits per heavy atom. The molecule has 6 fully saturated rings. The average Bonchev–Trinajstić information content (AvgIpc) is 2.66. The van der Waals surface area contributed by atoms with Gasteiger partial charge in [0.2, 0.25) is 0 Å². The van der Waals surface area contributed by atoms with Crippen molar-refractivity contribution in [3.8, 4) is 0 Å². The van der Waals surface area contributed by atoms with Gasteiger partial charge < -0.3 is 0 Å². The highest BCUT2D eigenvalue weighted by Gasteiger charge is 3.00. The van der Waals surface area contributed by atoms with Gasteiger partial charge in [-0.15, -0.1) is 0 Å². The Kier molecular flexibility index (Phi) is 0.375. The van der Waals surface area contributed by atoms with Gasteiger partial charge in [0.05, 0.1) is 0 Å². The second-order valence-corrected chi connectivity index (χ2v) is 6.23. The van der Waals surface area contributed by atoms with Crippen molar-refractivity contribution in [3.63, 3.8) is 0 Å². The van der Waals surface area contributed by atoms with E-state index in [1.54, 1.807) is 6.42 Å². The average molecular weight is 146 g/mol. The summed E-state index contributed by atoms with van der Waals surface area (Å²) >= 11 is 0. The van der Waals surface area contributed by atoms with Gasteiger partial charge in [0.25, 0.3) is 0 Å². The highest BCUT2D eigenvalue weighted by Crippen LogP contribution is 3.04. The Morgan fingerprint density at radius 1 is 0.818 bits per heavy atom. The molecule has 0 spiro atoms. The van der Waals surface area contributed by atoms with Crippen LogP contribution in [0.5, 0.6) is 0 Å². The van der Waals surface area contributed by atoms with Crippen LogP contribution in [0.4, 0.5) is 0 Å². The molecule has 6 aliphatic rings. The summed E-state index contributed by atoms with van der Waals surface area (Å²) in [5.74, 6) is 7.37. The Balaban J connectivity index is 1.96. The topological polar surface area (TPSA) is 0 Å². The van der Waals surface area contributed by atoms with Crippen molar-refractivity contribution in [1.82, 2.24) is 0 Å². The van der Waals surface area contributed by atoms with E-state index in [0.717, 1.165) is 10.8 Å². The molecule has 6 rings (SSSR count). The summed E-state index contributed by atoms with van der Waals surface area (Å²) in [6.45, 7) is 5.21. The van der Waals surface area contributed by atoms with E-state index < -0.39 is 0 Å². The van der Waals surface area contributed by atoms with Crippen LogP contribution in [0.1, 0.15) is 20.3 Å². The Bertz CT molecular complexity index is 240. The van der Waals surface area contributed by atoms with Gasteiger partial charge in [0.15, 0.2) is 0 Å². The van der Waals surface area contributed by atoms with Crippen LogP contribution in [0.3, 0.4) is 0 Å². The number of hydrogen-bond donors (Lipinski definition) is 0. The van der Waals surface area contributed by atoms with Gasteiger partial charge >= 0.3 is 0 Å². The standard InChI is InChI=1S/C11H14/c1-10-6-4-3-5(7(6)10)9-8(4)11(9,10)2/h4-9H,3H2,1-2H3/t4?,5?,6-,7-,8-,9-,10?,11?/m1/s1. The molecule has 58 valence electrons. The fraction of sp³-hybridized carbons (Fsp3) is 1.00. The van der Waals surface area contributed by atoms with Crippen LogP contribution in [-0.2, 0) is 0 Å². The smallest absolute Gasteiger partial charge is 0.0198 e. The molecule has 2 bridgehead atoms. The lowest BCUT2D eigenvalue weighted by Crippen LogP contribution is -2.09. The van der Waals surface area contributed by atoms with Crippen LogP contribution in [0.25, 0.3) is 0 Å². The fourth-order valence-electron chi connectivity index (χ4n) is 6.79. The van der Waals surface area contributed by atoms with Crippen LogP contribution in [0.2, 0.25) is 0 Å². The second-order valence-electron chi connectivity index (χ2n) is 6.23. The molecule has 0 aliphatic heterocycles. The molecule has 0 aromatic carbocycles. The SMILES string of the molecule is CC12[C@@H]3C4CC([C@H]31)[C@@H]1[C@@H]4C12C. The Hall–Kier alpha value is 0. The molecule has 0 saturated heterocycles. The first-order valence-corrected chi connectivity index (χ1v) is 5.22. The molecule has 0 amide bonds. The molecular weight excluding hydrogens is 132 g/mol. The quantitative estimate of drug-likeness (QED) is 0.491. The molecule has 11 heavy (non-hydrogen) atoms. The van der Waals surface area contributed by atoms with E-state index in [-0.39, 0.29) is 0 Å². The first kappa shape index (κ1) is 4.89. The molecule has 0 nitrogen and oxygen atoms in total. The highest BCUT2D eigenvalue weighted by molar-refractivity contribution is 5.47. The predicted octanol–water partition coefficient (Wildman–Crippen LogP) is 2.15. The van der Waals surface area contributed by atoms with E-state index in [9.17, 15) is 0 Å². The lowest BCUT2D eigenvalue weighted by atomic mass is 9.90. The molecule has 0 N–H and O–H groups in total. The maximum absolute atomic E-state index is 2.61. The maximum Gasteiger partial charge on any atom is -0.0198 e. The van der Waals surface area contributed by atoms with Crippen molar-refractivity contribution < 1.29 is 0 Å². The van der Waals surface area contributed by atoms with Crippen molar-refractivity contribution in [1.29, 1.82) is 0 Å². The van der Waals surface area contributed by atoms with Crippen molar-refractivity contribution in [2.24, 2.45) is 46.3 Å². The third-order valence-corrected chi connectivity index (χ3v) is 6.88. The second kappa shape index (κ2) is 0.843. The Morgan fingerprint density at radius 2 is 1.18 bits per heavy atom. The lowest BCUT2D eigenvalue weighted by Gasteiger charge is -2.14. The van der Waals surface area contributed by atoms with Gasteiger partial charge in [-0.25, -0.2) is 0 Å². The summed E-state index contributed by atoms with van der Waals surface area (Å²) in [7, 11) is 0. The molecule has 4 atom stereocenters. The molecular formula is C11H14. The largest absolute Gasteiger partial charge is 0.0585 e. The molecule has 6 saturated carbocycles. The van der Waals surface area contributed by atoms with Crippen LogP contribution in [0.15, 0.2) is 0 Å². The maximum atomic E-state index is 2.61. The molecule has 0 heterocycles. The summed E-state index contributed by atoms with van der Waals surface area (Å²) in [5, 5.41) is 0. The van der Waals surface area contributed by atoms with E-state index >= 15 is 0 Å². The van der Waals surface area contributed by atoms with Crippen molar-refractivity contribution in [2.45, 2.75) is 20.3 Å². The zero-order chi connectivity index (χ0) is 7.17. The highest BCUT2D eigenvalue weighted by atomic mass is 15.0. The summed E-state index contributed by atoms with van der Waals surface area (Å²) in [6, 6.07) is 0. The van der Waals surface area contributed by atoms with E-state index in [4.69, 9.17) is 0 Å². The van der Waals surface area contributed by atoms with E-state index in [2.05, 4.69) is 13.8 Å². The Labute approximate surface area is 67.4 Å². The normalized spacial score (nSPS) is 96.5. The summed E-state index contributed by atoms with van der Waals surface area (Å²) in [5.41, 5.74) is 1.77.